The van der Waals surface area contributed by atoms with E-state index in [0.717, 1.165) is 5.56 Å². The molecule has 0 aliphatic carbocycles. The Labute approximate surface area is 113 Å². The predicted octanol–water partition coefficient (Wildman–Crippen LogP) is 2.38. The van der Waals surface area contributed by atoms with E-state index in [1.54, 1.807) is 0 Å². The Morgan fingerprint density at radius 3 is 2.24 bits per heavy atom. The Morgan fingerprint density at radius 2 is 1.71 bits per heavy atom. The van der Waals surface area contributed by atoms with Crippen molar-refractivity contribution >= 4 is 46.7 Å². The fraction of sp³-hybridized carbons (Fsp3) is 0.200. The summed E-state index contributed by atoms with van der Waals surface area (Å²) >= 11 is 15.9. The van der Waals surface area contributed by atoms with E-state index in [2.05, 4.69) is 5.32 Å². The third-order valence-electron chi connectivity index (χ3n) is 1.78. The minimum Gasteiger partial charge on any atom is -0.334 e. The van der Waals surface area contributed by atoms with E-state index in [1.807, 2.05) is 35.6 Å². The quantitative estimate of drug-likeness (QED) is 0.823. The summed E-state index contributed by atoms with van der Waals surface area (Å²) in [4.78, 5) is 22.4. The molecule has 1 rings (SSSR count). The molecule has 0 radical (unpaired) electrons. The summed E-state index contributed by atoms with van der Waals surface area (Å²) in [6, 6.07) is 8.47. The van der Waals surface area contributed by atoms with Crippen LogP contribution in [0.1, 0.15) is 5.56 Å². The smallest absolute Gasteiger partial charge is 0.321 e. The summed E-state index contributed by atoms with van der Waals surface area (Å²) in [5.41, 5.74) is 0.893. The second-order valence-corrected chi connectivity index (χ2v) is 5.40. The van der Waals surface area contributed by atoms with Gasteiger partial charge >= 0.3 is 6.03 Å². The van der Waals surface area contributed by atoms with Crippen molar-refractivity contribution < 1.29 is 9.59 Å². The Hall–Kier alpha value is -0.970. The molecule has 0 aromatic heterocycles. The molecule has 0 bridgehead atoms. The molecule has 0 heterocycles. The van der Waals surface area contributed by atoms with Crippen LogP contribution in [0.5, 0.6) is 0 Å². The number of alkyl halides is 3. The van der Waals surface area contributed by atoms with Crippen molar-refractivity contribution in [2.75, 3.05) is 0 Å². The van der Waals surface area contributed by atoms with Gasteiger partial charge in [-0.05, 0) is 5.56 Å². The molecule has 92 valence electrons. The Morgan fingerprint density at radius 1 is 1.12 bits per heavy atom. The van der Waals surface area contributed by atoms with Gasteiger partial charge in [0.2, 0.25) is 0 Å². The van der Waals surface area contributed by atoms with Crippen LogP contribution in [0.3, 0.4) is 0 Å². The molecule has 2 N–H and O–H groups in total. The molecule has 0 saturated carbocycles. The molecule has 0 spiro atoms. The van der Waals surface area contributed by atoms with E-state index in [0.29, 0.717) is 0 Å². The molecular weight excluding hydrogens is 286 g/mol. The van der Waals surface area contributed by atoms with Gasteiger partial charge in [-0.2, -0.15) is 0 Å². The molecule has 0 aliphatic rings. The van der Waals surface area contributed by atoms with Crippen molar-refractivity contribution in [3.05, 3.63) is 35.9 Å². The van der Waals surface area contributed by atoms with E-state index in [4.69, 9.17) is 34.8 Å². The molecule has 3 amide bonds. The first-order valence-corrected chi connectivity index (χ1v) is 5.73. The van der Waals surface area contributed by atoms with Crippen LogP contribution in [-0.2, 0) is 11.3 Å². The number of hydrogen-bond donors (Lipinski definition) is 2. The number of rotatable bonds is 2. The second-order valence-electron chi connectivity index (χ2n) is 3.12. The molecule has 1 aromatic carbocycles. The molecule has 0 fully saturated rings. The van der Waals surface area contributed by atoms with Crippen LogP contribution in [-0.4, -0.2) is 15.7 Å². The highest BCUT2D eigenvalue weighted by atomic mass is 35.6. The topological polar surface area (TPSA) is 58.2 Å². The van der Waals surface area contributed by atoms with Crippen LogP contribution in [0, 0.1) is 0 Å². The molecule has 7 heteroatoms. The zero-order chi connectivity index (χ0) is 12.9. The molecule has 1 aromatic rings. The summed E-state index contributed by atoms with van der Waals surface area (Å²) in [5.74, 6) is -0.993. The van der Waals surface area contributed by atoms with E-state index >= 15 is 0 Å². The molecular formula is C10H9Cl3N2O2. The minimum atomic E-state index is -2.15. The maximum Gasteiger partial charge on any atom is 0.321 e. The fourth-order valence-electron chi connectivity index (χ4n) is 0.996. The van der Waals surface area contributed by atoms with E-state index in [9.17, 15) is 9.59 Å². The van der Waals surface area contributed by atoms with Crippen LogP contribution >= 0.6 is 34.8 Å². The number of imide groups is 1. The molecule has 0 saturated heterocycles. The zero-order valence-corrected chi connectivity index (χ0v) is 10.8. The van der Waals surface area contributed by atoms with Gasteiger partial charge in [0.15, 0.2) is 0 Å². The lowest BCUT2D eigenvalue weighted by Gasteiger charge is -2.11. The predicted molar refractivity (Wildman–Crippen MR) is 67.1 cm³/mol. The van der Waals surface area contributed by atoms with E-state index < -0.39 is 15.7 Å². The van der Waals surface area contributed by atoms with Crippen LogP contribution in [0.2, 0.25) is 0 Å². The van der Waals surface area contributed by atoms with Crippen molar-refractivity contribution in [3.63, 3.8) is 0 Å². The standard InChI is InChI=1S/C10H9Cl3N2O2/c11-10(12,13)8(16)15-9(17)14-6-7-4-2-1-3-5-7/h1-5H,6H2,(H2,14,15,16,17). The largest absolute Gasteiger partial charge is 0.334 e. The molecule has 0 unspecified atom stereocenters. The van der Waals surface area contributed by atoms with Gasteiger partial charge in [-0.15, -0.1) is 0 Å². The number of amides is 3. The Bertz CT molecular complexity index is 404. The fourth-order valence-corrected chi connectivity index (χ4v) is 1.14. The number of urea groups is 1. The number of carbonyl (C=O) groups excluding carboxylic acids is 2. The Kier molecular flexibility index (Phi) is 5.05. The first kappa shape index (κ1) is 14.1. The average molecular weight is 296 g/mol. The highest BCUT2D eigenvalue weighted by Gasteiger charge is 2.31. The summed E-state index contributed by atoms with van der Waals surface area (Å²) in [5, 5.41) is 4.36. The molecule has 4 nitrogen and oxygen atoms in total. The van der Waals surface area contributed by atoms with Crippen LogP contribution in [0.4, 0.5) is 4.79 Å². The first-order valence-electron chi connectivity index (χ1n) is 4.59. The van der Waals surface area contributed by atoms with Crippen LogP contribution in [0.25, 0.3) is 0 Å². The van der Waals surface area contributed by atoms with Gasteiger partial charge in [0.25, 0.3) is 9.70 Å². The summed E-state index contributed by atoms with van der Waals surface area (Å²) in [7, 11) is 0. The maximum atomic E-state index is 11.3. The minimum absolute atomic E-state index is 0.278. The maximum absolute atomic E-state index is 11.3. The van der Waals surface area contributed by atoms with Gasteiger partial charge < -0.3 is 5.32 Å². The lowest BCUT2D eigenvalue weighted by atomic mass is 10.2. The molecule has 0 atom stereocenters. The zero-order valence-electron chi connectivity index (χ0n) is 8.54. The van der Waals surface area contributed by atoms with Crippen LogP contribution < -0.4 is 10.6 Å². The first-order chi connectivity index (χ1) is 7.89. The SMILES string of the molecule is O=C(NCc1ccccc1)NC(=O)C(Cl)(Cl)Cl. The van der Waals surface area contributed by atoms with Crippen molar-refractivity contribution in [1.29, 1.82) is 0 Å². The molecule has 0 aliphatic heterocycles. The summed E-state index contributed by atoms with van der Waals surface area (Å²) in [6.45, 7) is 0.278. The van der Waals surface area contributed by atoms with Gasteiger partial charge in [0.1, 0.15) is 0 Å². The highest BCUT2D eigenvalue weighted by molar-refractivity contribution is 6.76. The number of nitrogens with one attached hydrogen (secondary N) is 2. The van der Waals surface area contributed by atoms with Crippen molar-refractivity contribution in [1.82, 2.24) is 10.6 Å². The average Bonchev–Trinajstić information content (AvgIpc) is 2.26. The summed E-state index contributed by atoms with van der Waals surface area (Å²) < 4.78 is -2.15. The van der Waals surface area contributed by atoms with E-state index in [-0.39, 0.29) is 6.54 Å². The van der Waals surface area contributed by atoms with Gasteiger partial charge in [-0.25, -0.2) is 4.79 Å². The van der Waals surface area contributed by atoms with Gasteiger partial charge in [-0.1, -0.05) is 65.1 Å². The second kappa shape index (κ2) is 6.10. The number of halogens is 3. The van der Waals surface area contributed by atoms with Gasteiger partial charge in [0.05, 0.1) is 0 Å². The number of carbonyl (C=O) groups is 2. The van der Waals surface area contributed by atoms with Gasteiger partial charge in [-0.3, -0.25) is 10.1 Å². The van der Waals surface area contributed by atoms with Gasteiger partial charge in [0, 0.05) is 6.54 Å². The third kappa shape index (κ3) is 5.26. The van der Waals surface area contributed by atoms with Crippen molar-refractivity contribution in [2.45, 2.75) is 10.3 Å². The Balaban J connectivity index is 2.39. The summed E-state index contributed by atoms with van der Waals surface area (Å²) in [6.07, 6.45) is 0. The molecule has 17 heavy (non-hydrogen) atoms. The lowest BCUT2D eigenvalue weighted by molar-refractivity contribution is -0.119. The number of benzene rings is 1. The van der Waals surface area contributed by atoms with Crippen molar-refractivity contribution in [2.24, 2.45) is 0 Å². The monoisotopic (exact) mass is 294 g/mol. The number of hydrogen-bond acceptors (Lipinski definition) is 2. The van der Waals surface area contributed by atoms with Crippen molar-refractivity contribution in [3.8, 4) is 0 Å². The third-order valence-corrected chi connectivity index (χ3v) is 2.30. The van der Waals surface area contributed by atoms with E-state index in [1.165, 1.54) is 0 Å². The highest BCUT2D eigenvalue weighted by Crippen LogP contribution is 2.25. The normalized spacial score (nSPS) is 10.8. The van der Waals surface area contributed by atoms with Crippen LogP contribution in [0.15, 0.2) is 30.3 Å². The lowest BCUT2D eigenvalue weighted by Crippen LogP contribution is -2.44.